The molecule has 1 rings (SSSR count). The van der Waals surface area contributed by atoms with E-state index in [0.717, 1.165) is 8.89 Å². The first-order valence-corrected chi connectivity index (χ1v) is 8.79. The third-order valence-corrected chi connectivity index (χ3v) is 8.04. The fourth-order valence-electron chi connectivity index (χ4n) is 0.607. The van der Waals surface area contributed by atoms with Gasteiger partial charge in [-0.25, -0.2) is 0 Å². The van der Waals surface area contributed by atoms with Crippen molar-refractivity contribution in [2.75, 3.05) is 12.4 Å². The standard InChI is InChI=1S/C6H8OS4Se/c1-12-5-4(9-3-2-7)10-6(8)11-5/h7H,2-3H2,1H3. The van der Waals surface area contributed by atoms with Gasteiger partial charge in [-0.1, -0.05) is 0 Å². The van der Waals surface area contributed by atoms with Crippen LogP contribution >= 0.6 is 46.7 Å². The van der Waals surface area contributed by atoms with E-state index in [1.165, 1.54) is 7.98 Å². The van der Waals surface area contributed by atoms with Crippen molar-refractivity contribution in [3.05, 3.63) is 3.14 Å². The summed E-state index contributed by atoms with van der Waals surface area (Å²) in [5.74, 6) is 2.98. The van der Waals surface area contributed by atoms with Crippen molar-refractivity contribution in [3.63, 3.8) is 0 Å². The molecule has 0 aromatic carbocycles. The number of aliphatic hydroxyl groups is 1. The normalized spacial score (nSPS) is 10.5. The molecule has 0 aliphatic rings. The Morgan fingerprint density at radius 2 is 2.33 bits per heavy atom. The van der Waals surface area contributed by atoms with Crippen molar-refractivity contribution in [1.29, 1.82) is 0 Å². The summed E-state index contributed by atoms with van der Waals surface area (Å²) in [7, 11) is 0. The Balaban J connectivity index is 2.75. The Bertz CT molecular complexity index is 292. The van der Waals surface area contributed by atoms with Crippen molar-refractivity contribution < 1.29 is 5.11 Å². The van der Waals surface area contributed by atoms with Gasteiger partial charge in [0.2, 0.25) is 0 Å². The molecule has 0 unspecified atom stereocenters. The number of thioether (sulfide) groups is 1. The van der Waals surface area contributed by atoms with Crippen molar-refractivity contribution in [1.82, 2.24) is 0 Å². The number of hydrogen-bond donors (Lipinski definition) is 1. The van der Waals surface area contributed by atoms with Gasteiger partial charge in [0, 0.05) is 0 Å². The Kier molecular flexibility index (Phi) is 5.36. The molecule has 0 spiro atoms. The number of rotatable bonds is 4. The van der Waals surface area contributed by atoms with Crippen molar-refractivity contribution in [2.45, 2.75) is 10.0 Å². The quantitative estimate of drug-likeness (QED) is 0.522. The second-order valence-corrected chi connectivity index (χ2v) is 8.69. The van der Waals surface area contributed by atoms with Crippen molar-refractivity contribution in [3.8, 4) is 0 Å². The molecule has 1 heterocycles. The molecule has 1 aromatic rings. The third kappa shape index (κ3) is 3.10. The van der Waals surface area contributed by atoms with E-state index in [1.54, 1.807) is 34.4 Å². The van der Waals surface area contributed by atoms with Crippen LogP contribution < -0.4 is 3.78 Å². The molecule has 0 radical (unpaired) electrons. The van der Waals surface area contributed by atoms with Gasteiger partial charge >= 0.3 is 96.0 Å². The Morgan fingerprint density at radius 1 is 1.58 bits per heavy atom. The molecule has 12 heavy (non-hydrogen) atoms. The summed E-state index contributed by atoms with van der Waals surface area (Å²) in [5, 5.41) is 8.66. The molecule has 68 valence electrons. The second kappa shape index (κ2) is 5.75. The molecule has 6 heteroatoms. The summed E-state index contributed by atoms with van der Waals surface area (Å²) >= 11 is 10.8. The Morgan fingerprint density at radius 3 is 2.92 bits per heavy atom. The van der Waals surface area contributed by atoms with E-state index >= 15 is 0 Å². The van der Waals surface area contributed by atoms with Gasteiger partial charge in [-0.05, 0) is 0 Å². The van der Waals surface area contributed by atoms with Crippen LogP contribution in [0.1, 0.15) is 0 Å². The van der Waals surface area contributed by atoms with E-state index in [1.807, 2.05) is 0 Å². The van der Waals surface area contributed by atoms with Gasteiger partial charge in [0.15, 0.2) is 0 Å². The monoisotopic (exact) mass is 304 g/mol. The zero-order valence-corrected chi connectivity index (χ0v) is 11.4. The molecular weight excluding hydrogens is 295 g/mol. The van der Waals surface area contributed by atoms with Gasteiger partial charge in [-0.3, -0.25) is 0 Å². The predicted molar refractivity (Wildman–Crippen MR) is 62.1 cm³/mol. The molecule has 1 aromatic heterocycles. The van der Waals surface area contributed by atoms with E-state index in [-0.39, 0.29) is 6.61 Å². The first kappa shape index (κ1) is 11.2. The summed E-state index contributed by atoms with van der Waals surface area (Å²) in [5.41, 5.74) is 0. The molecule has 0 amide bonds. The average Bonchev–Trinajstić information content (AvgIpc) is 2.42. The van der Waals surface area contributed by atoms with Crippen molar-refractivity contribution in [2.24, 2.45) is 0 Å². The van der Waals surface area contributed by atoms with Crippen LogP contribution in [0.25, 0.3) is 0 Å². The van der Waals surface area contributed by atoms with Crippen LogP contribution in [0.5, 0.6) is 0 Å². The summed E-state index contributed by atoms with van der Waals surface area (Å²) in [4.78, 5) is 0. The van der Waals surface area contributed by atoms with Crippen LogP contribution in [0.2, 0.25) is 5.82 Å². The minimum atomic E-state index is 0.246. The van der Waals surface area contributed by atoms with E-state index in [9.17, 15) is 0 Å². The first-order valence-electron chi connectivity index (χ1n) is 3.19. The van der Waals surface area contributed by atoms with Gasteiger partial charge in [-0.15, -0.1) is 0 Å². The zero-order valence-electron chi connectivity index (χ0n) is 6.40. The second-order valence-electron chi connectivity index (χ2n) is 1.81. The fraction of sp³-hybridized carbons (Fsp3) is 0.500. The van der Waals surface area contributed by atoms with Crippen LogP contribution in [-0.2, 0) is 0 Å². The molecular formula is C6H8OS4Se. The summed E-state index contributed by atoms with van der Waals surface area (Å²) in [6.45, 7) is 0.246. The Hall–Kier alpha value is 1.10. The predicted octanol–water partition coefficient (Wildman–Crippen LogP) is 2.00. The average molecular weight is 303 g/mol. The Labute approximate surface area is 95.4 Å². The fourth-order valence-corrected chi connectivity index (χ4v) is 7.94. The van der Waals surface area contributed by atoms with Crippen molar-refractivity contribution >= 4 is 65.4 Å². The maximum absolute atomic E-state index is 8.66. The van der Waals surface area contributed by atoms with E-state index < -0.39 is 0 Å². The third-order valence-electron chi connectivity index (χ3n) is 1.03. The molecule has 0 aliphatic carbocycles. The topological polar surface area (TPSA) is 20.2 Å². The minimum absolute atomic E-state index is 0.246. The van der Waals surface area contributed by atoms with Crippen LogP contribution in [-0.4, -0.2) is 32.4 Å². The SMILES string of the molecule is C[Se]c1sc(=S)sc1SCCO. The molecule has 0 atom stereocenters. The van der Waals surface area contributed by atoms with E-state index in [0.29, 0.717) is 15.0 Å². The van der Waals surface area contributed by atoms with Gasteiger partial charge in [0.25, 0.3) is 0 Å². The number of aliphatic hydroxyl groups excluding tert-OH is 1. The summed E-state index contributed by atoms with van der Waals surface area (Å²) in [6, 6.07) is 0. The van der Waals surface area contributed by atoms with Crippen LogP contribution in [0.15, 0.2) is 4.21 Å². The first-order chi connectivity index (χ1) is 5.77. The van der Waals surface area contributed by atoms with Crippen LogP contribution in [0.3, 0.4) is 0 Å². The van der Waals surface area contributed by atoms with Gasteiger partial charge in [-0.2, -0.15) is 0 Å². The molecule has 1 nitrogen and oxygen atoms in total. The molecule has 0 fully saturated rings. The van der Waals surface area contributed by atoms with E-state index in [2.05, 4.69) is 5.82 Å². The molecule has 0 aliphatic heterocycles. The summed E-state index contributed by atoms with van der Waals surface area (Å²) < 4.78 is 3.76. The summed E-state index contributed by atoms with van der Waals surface area (Å²) in [6.07, 6.45) is 0. The van der Waals surface area contributed by atoms with Crippen LogP contribution in [0, 0.1) is 3.14 Å². The molecule has 0 bridgehead atoms. The van der Waals surface area contributed by atoms with E-state index in [4.69, 9.17) is 17.3 Å². The molecule has 1 N–H and O–H groups in total. The van der Waals surface area contributed by atoms with Crippen LogP contribution in [0.4, 0.5) is 0 Å². The maximum atomic E-state index is 8.66. The zero-order chi connectivity index (χ0) is 8.97. The number of hydrogen-bond acceptors (Lipinski definition) is 5. The van der Waals surface area contributed by atoms with Gasteiger partial charge in [0.05, 0.1) is 0 Å². The molecule has 0 saturated carbocycles. The molecule has 0 saturated heterocycles. The van der Waals surface area contributed by atoms with Gasteiger partial charge < -0.3 is 0 Å². The van der Waals surface area contributed by atoms with Gasteiger partial charge in [0.1, 0.15) is 0 Å².